The Morgan fingerprint density at radius 3 is 2.73 bits per heavy atom. The van der Waals surface area contributed by atoms with Gasteiger partial charge < -0.3 is 20.1 Å². The van der Waals surface area contributed by atoms with Gasteiger partial charge in [-0.15, -0.1) is 0 Å². The maximum Gasteiger partial charge on any atom is 0.224 e. The maximum atomic E-state index is 11.6. The number of benzene rings is 1. The molecule has 6 nitrogen and oxygen atoms in total. The number of hydrogen-bond acceptors (Lipinski definition) is 5. The number of nitrogens with one attached hydrogen (secondary N) is 1. The molecule has 0 unspecified atom stereocenters. The quantitative estimate of drug-likeness (QED) is 0.834. The molecule has 142 valence electrons. The van der Waals surface area contributed by atoms with Gasteiger partial charge in [-0.25, -0.2) is 0 Å². The van der Waals surface area contributed by atoms with Crippen LogP contribution < -0.4 is 10.1 Å². The molecule has 2 fully saturated rings. The van der Waals surface area contributed by atoms with E-state index in [1.165, 1.54) is 25.9 Å². The van der Waals surface area contributed by atoms with Gasteiger partial charge in [-0.2, -0.15) is 0 Å². The standard InChI is InChI=1S/C20H29N3O3/c24-18-14-23(12-11-22-8-1-2-9-22)10-7-19(18)26-16-5-3-15-4-6-20(25)21-17(15)13-16/h3,5,13,18-19,24H,1-2,4,6-12,14H2,(H,21,25)/t18-,19-/m1/s1. The van der Waals surface area contributed by atoms with Crippen molar-refractivity contribution in [1.29, 1.82) is 0 Å². The number of rotatable bonds is 5. The van der Waals surface area contributed by atoms with Crippen molar-refractivity contribution in [2.24, 2.45) is 0 Å². The van der Waals surface area contributed by atoms with Crippen LogP contribution >= 0.6 is 0 Å². The Bertz CT molecular complexity index is 645. The summed E-state index contributed by atoms with van der Waals surface area (Å²) in [5.74, 6) is 0.779. The lowest BCUT2D eigenvalue weighted by Gasteiger charge is -2.36. The third-order valence-corrected chi connectivity index (χ3v) is 5.80. The van der Waals surface area contributed by atoms with Crippen LogP contribution in [0.3, 0.4) is 0 Å². The van der Waals surface area contributed by atoms with E-state index >= 15 is 0 Å². The van der Waals surface area contributed by atoms with Crippen LogP contribution in [0.15, 0.2) is 18.2 Å². The Morgan fingerprint density at radius 1 is 1.12 bits per heavy atom. The monoisotopic (exact) mass is 359 g/mol. The molecule has 0 spiro atoms. The Balaban J connectivity index is 1.29. The molecule has 6 heteroatoms. The molecule has 2 saturated heterocycles. The Labute approximate surface area is 155 Å². The van der Waals surface area contributed by atoms with Crippen molar-refractivity contribution in [2.75, 3.05) is 44.6 Å². The van der Waals surface area contributed by atoms with Crippen LogP contribution in [0.4, 0.5) is 5.69 Å². The van der Waals surface area contributed by atoms with Crippen molar-refractivity contribution >= 4 is 11.6 Å². The van der Waals surface area contributed by atoms with Crippen LogP contribution in [0.1, 0.15) is 31.2 Å². The summed E-state index contributed by atoms with van der Waals surface area (Å²) in [6.45, 7) is 6.18. The molecule has 4 rings (SSSR count). The topological polar surface area (TPSA) is 65.0 Å². The average Bonchev–Trinajstić information content (AvgIpc) is 3.15. The molecule has 0 radical (unpaired) electrons. The first-order valence-corrected chi connectivity index (χ1v) is 9.89. The zero-order valence-corrected chi connectivity index (χ0v) is 15.3. The van der Waals surface area contributed by atoms with E-state index in [9.17, 15) is 9.90 Å². The van der Waals surface area contributed by atoms with Gasteiger partial charge in [-0.05, 0) is 50.4 Å². The van der Waals surface area contributed by atoms with E-state index in [1.807, 2.05) is 18.2 Å². The normalized spacial score (nSPS) is 27.2. The summed E-state index contributed by atoms with van der Waals surface area (Å²) in [5.41, 5.74) is 1.99. The number of fused-ring (bicyclic) bond motifs is 1. The van der Waals surface area contributed by atoms with E-state index in [0.717, 1.165) is 49.5 Å². The highest BCUT2D eigenvalue weighted by Crippen LogP contribution is 2.29. The van der Waals surface area contributed by atoms with Crippen LogP contribution in [0.5, 0.6) is 5.75 Å². The predicted octanol–water partition coefficient (Wildman–Crippen LogP) is 1.48. The SMILES string of the molecule is O=C1CCc2ccc(O[C@@H]3CCN(CCN4CCCC4)C[C@H]3O)cc2N1. The summed E-state index contributed by atoms with van der Waals surface area (Å²) >= 11 is 0. The number of carbonyl (C=O) groups is 1. The Kier molecular flexibility index (Phi) is 5.43. The van der Waals surface area contributed by atoms with Gasteiger partial charge in [-0.1, -0.05) is 6.07 Å². The van der Waals surface area contributed by atoms with Crippen LogP contribution in [0.25, 0.3) is 0 Å². The van der Waals surface area contributed by atoms with Crippen molar-refractivity contribution in [3.63, 3.8) is 0 Å². The minimum absolute atomic E-state index is 0.0565. The number of aliphatic hydroxyl groups excluding tert-OH is 1. The molecule has 1 amide bonds. The minimum atomic E-state index is -0.479. The minimum Gasteiger partial charge on any atom is -0.488 e. The highest BCUT2D eigenvalue weighted by molar-refractivity contribution is 5.94. The number of nitrogens with zero attached hydrogens (tertiary/aromatic N) is 2. The number of piperidine rings is 1. The van der Waals surface area contributed by atoms with E-state index in [0.29, 0.717) is 13.0 Å². The molecule has 1 aromatic rings. The number of ether oxygens (including phenoxy) is 1. The molecule has 1 aromatic carbocycles. The zero-order valence-electron chi connectivity index (χ0n) is 15.3. The Hall–Kier alpha value is -1.63. The van der Waals surface area contributed by atoms with Gasteiger partial charge in [0.1, 0.15) is 18.0 Å². The summed E-state index contributed by atoms with van der Waals surface area (Å²) in [7, 11) is 0. The lowest BCUT2D eigenvalue weighted by Crippen LogP contribution is -2.50. The second kappa shape index (κ2) is 7.94. The van der Waals surface area contributed by atoms with Gasteiger partial charge in [0.2, 0.25) is 5.91 Å². The number of carbonyl (C=O) groups excluding carboxylic acids is 1. The van der Waals surface area contributed by atoms with Crippen LogP contribution in [-0.2, 0) is 11.2 Å². The fraction of sp³-hybridized carbons (Fsp3) is 0.650. The smallest absolute Gasteiger partial charge is 0.224 e. The van der Waals surface area contributed by atoms with Crippen LogP contribution in [0, 0.1) is 0 Å². The zero-order chi connectivity index (χ0) is 17.9. The first-order chi connectivity index (χ1) is 12.7. The fourth-order valence-electron chi connectivity index (χ4n) is 4.20. The van der Waals surface area contributed by atoms with Crippen molar-refractivity contribution in [3.05, 3.63) is 23.8 Å². The number of aliphatic hydroxyl groups is 1. The number of β-amino-alcohol motifs (C(OH)–C–C–N with tert-alkyl or cyclic N) is 1. The summed E-state index contributed by atoms with van der Waals surface area (Å²) in [5, 5.41) is 13.4. The molecule has 0 aliphatic carbocycles. The third kappa shape index (κ3) is 4.19. The van der Waals surface area contributed by atoms with E-state index in [-0.39, 0.29) is 12.0 Å². The summed E-state index contributed by atoms with van der Waals surface area (Å²) < 4.78 is 6.06. The predicted molar refractivity (Wildman–Crippen MR) is 101 cm³/mol. The van der Waals surface area contributed by atoms with Crippen molar-refractivity contribution in [3.8, 4) is 5.75 Å². The van der Waals surface area contributed by atoms with Crippen molar-refractivity contribution in [2.45, 2.75) is 44.3 Å². The molecule has 3 aliphatic heterocycles. The number of aryl methyl sites for hydroxylation is 1. The molecule has 2 atom stereocenters. The Morgan fingerprint density at radius 2 is 1.92 bits per heavy atom. The first-order valence-electron chi connectivity index (χ1n) is 9.89. The summed E-state index contributed by atoms with van der Waals surface area (Å²) in [6.07, 6.45) is 4.12. The molecule has 3 heterocycles. The van der Waals surface area contributed by atoms with Crippen molar-refractivity contribution in [1.82, 2.24) is 9.80 Å². The third-order valence-electron chi connectivity index (χ3n) is 5.80. The van der Waals surface area contributed by atoms with E-state index in [4.69, 9.17) is 4.74 Å². The fourth-order valence-corrected chi connectivity index (χ4v) is 4.20. The second-order valence-electron chi connectivity index (χ2n) is 7.73. The van der Waals surface area contributed by atoms with Crippen molar-refractivity contribution < 1.29 is 14.6 Å². The highest BCUT2D eigenvalue weighted by atomic mass is 16.5. The molecule has 0 saturated carbocycles. The molecule has 26 heavy (non-hydrogen) atoms. The number of amides is 1. The molecule has 0 aromatic heterocycles. The maximum absolute atomic E-state index is 11.6. The van der Waals surface area contributed by atoms with Gasteiger partial charge in [0, 0.05) is 44.4 Å². The second-order valence-corrected chi connectivity index (χ2v) is 7.73. The van der Waals surface area contributed by atoms with Crippen LogP contribution in [-0.4, -0.2) is 72.3 Å². The van der Waals surface area contributed by atoms with E-state index in [1.54, 1.807) is 0 Å². The summed E-state index contributed by atoms with van der Waals surface area (Å²) in [4.78, 5) is 16.4. The number of likely N-dealkylation sites (tertiary alicyclic amines) is 2. The molecule has 0 bridgehead atoms. The largest absolute Gasteiger partial charge is 0.488 e. The number of anilines is 1. The first kappa shape index (κ1) is 17.8. The molecule has 2 N–H and O–H groups in total. The van der Waals surface area contributed by atoms with E-state index in [2.05, 4.69) is 15.1 Å². The lowest BCUT2D eigenvalue weighted by atomic mass is 10.0. The van der Waals surface area contributed by atoms with Gasteiger partial charge in [0.25, 0.3) is 0 Å². The van der Waals surface area contributed by atoms with Gasteiger partial charge >= 0.3 is 0 Å². The lowest BCUT2D eigenvalue weighted by molar-refractivity contribution is -0.116. The van der Waals surface area contributed by atoms with E-state index < -0.39 is 6.10 Å². The summed E-state index contributed by atoms with van der Waals surface area (Å²) in [6, 6.07) is 5.85. The number of hydrogen-bond donors (Lipinski definition) is 2. The molecule has 3 aliphatic rings. The van der Waals surface area contributed by atoms with Gasteiger partial charge in [-0.3, -0.25) is 9.69 Å². The highest BCUT2D eigenvalue weighted by Gasteiger charge is 2.29. The van der Waals surface area contributed by atoms with Gasteiger partial charge in [0.15, 0.2) is 0 Å². The molecular weight excluding hydrogens is 330 g/mol. The van der Waals surface area contributed by atoms with Crippen LogP contribution in [0.2, 0.25) is 0 Å². The average molecular weight is 359 g/mol. The van der Waals surface area contributed by atoms with Gasteiger partial charge in [0.05, 0.1) is 0 Å². The molecular formula is C20H29N3O3.